The van der Waals surface area contributed by atoms with E-state index in [-0.39, 0.29) is 11.6 Å². The summed E-state index contributed by atoms with van der Waals surface area (Å²) in [6.45, 7) is 3.47. The van der Waals surface area contributed by atoms with Crippen molar-refractivity contribution < 1.29 is 9.18 Å². The van der Waals surface area contributed by atoms with Gasteiger partial charge in [-0.05, 0) is 41.6 Å². The van der Waals surface area contributed by atoms with Crippen LogP contribution < -0.4 is 0 Å². The second-order valence-electron chi connectivity index (χ2n) is 5.34. The highest BCUT2D eigenvalue weighted by molar-refractivity contribution is 6.01. The molecule has 3 heteroatoms. The van der Waals surface area contributed by atoms with Crippen LogP contribution in [0, 0.1) is 5.82 Å². The number of nitrogens with zero attached hydrogens (tertiary/aromatic N) is 1. The molecule has 0 radical (unpaired) electrons. The molecule has 22 heavy (non-hydrogen) atoms. The first-order valence-corrected chi connectivity index (χ1v) is 7.29. The summed E-state index contributed by atoms with van der Waals surface area (Å²) in [5.41, 5.74) is 2.67. The van der Waals surface area contributed by atoms with Gasteiger partial charge in [0.15, 0.2) is 5.78 Å². The number of hydrogen-bond donors (Lipinski definition) is 0. The maximum atomic E-state index is 13.9. The van der Waals surface area contributed by atoms with Crippen LogP contribution in [-0.4, -0.2) is 10.8 Å². The number of Topliss-reactive ketones (excluding diaryl/α,β-unsaturated/α-hetero) is 1. The number of benzene rings is 2. The Kier molecular flexibility index (Phi) is 3.72. The second kappa shape index (κ2) is 5.68. The van der Waals surface area contributed by atoms with Crippen molar-refractivity contribution in [1.29, 1.82) is 0 Å². The fourth-order valence-electron chi connectivity index (χ4n) is 2.59. The Bertz CT molecular complexity index is 870. The van der Waals surface area contributed by atoms with Gasteiger partial charge in [-0.15, -0.1) is 0 Å². The highest BCUT2D eigenvalue weighted by atomic mass is 19.1. The summed E-state index contributed by atoms with van der Waals surface area (Å²) < 4.78 is 13.9. The van der Waals surface area contributed by atoms with Gasteiger partial charge in [-0.25, -0.2) is 9.37 Å². The standard InChI is InChI=1S/C19H16FNO/c1-3-13-8-15(10-16(20)9-13)19-17-7-5-4-6-14(17)11-18(21-19)12(2)22/h4-11H,3H2,1-2H3. The fourth-order valence-corrected chi connectivity index (χ4v) is 2.59. The lowest BCUT2D eigenvalue weighted by Gasteiger charge is -2.10. The number of pyridine rings is 1. The van der Waals surface area contributed by atoms with Crippen molar-refractivity contribution in [2.75, 3.05) is 0 Å². The van der Waals surface area contributed by atoms with Crippen molar-refractivity contribution in [3.63, 3.8) is 0 Å². The lowest BCUT2D eigenvalue weighted by molar-refractivity contribution is 0.101. The number of aryl methyl sites for hydroxylation is 1. The quantitative estimate of drug-likeness (QED) is 0.649. The van der Waals surface area contributed by atoms with Crippen molar-refractivity contribution in [3.8, 4) is 11.3 Å². The van der Waals surface area contributed by atoms with Crippen molar-refractivity contribution >= 4 is 16.6 Å². The van der Waals surface area contributed by atoms with E-state index in [1.807, 2.05) is 37.3 Å². The van der Waals surface area contributed by atoms with Crippen LogP contribution in [0.3, 0.4) is 0 Å². The average Bonchev–Trinajstić information content (AvgIpc) is 2.53. The highest BCUT2D eigenvalue weighted by Crippen LogP contribution is 2.29. The molecule has 2 aromatic carbocycles. The molecule has 110 valence electrons. The predicted octanol–water partition coefficient (Wildman–Crippen LogP) is 4.81. The van der Waals surface area contributed by atoms with Gasteiger partial charge in [0.25, 0.3) is 0 Å². The van der Waals surface area contributed by atoms with E-state index in [0.717, 1.165) is 22.8 Å². The number of aromatic nitrogens is 1. The van der Waals surface area contributed by atoms with Crippen LogP contribution in [0.1, 0.15) is 29.9 Å². The number of carbonyl (C=O) groups is 1. The van der Waals surface area contributed by atoms with Crippen LogP contribution in [0.5, 0.6) is 0 Å². The molecule has 0 aliphatic rings. The lowest BCUT2D eigenvalue weighted by Crippen LogP contribution is -2.00. The zero-order valence-corrected chi connectivity index (χ0v) is 12.6. The molecule has 0 spiro atoms. The largest absolute Gasteiger partial charge is 0.293 e. The summed E-state index contributed by atoms with van der Waals surface area (Å²) in [6.07, 6.45) is 0.745. The number of fused-ring (bicyclic) bond motifs is 1. The molecule has 1 heterocycles. The molecule has 0 unspecified atom stereocenters. The second-order valence-corrected chi connectivity index (χ2v) is 5.34. The number of rotatable bonds is 3. The van der Waals surface area contributed by atoms with Crippen molar-refractivity contribution in [1.82, 2.24) is 4.98 Å². The molecule has 0 N–H and O–H groups in total. The van der Waals surface area contributed by atoms with Crippen LogP contribution in [-0.2, 0) is 6.42 Å². The SMILES string of the molecule is CCc1cc(F)cc(-c2nc(C(C)=O)cc3ccccc23)c1. The molecule has 1 aromatic heterocycles. The highest BCUT2D eigenvalue weighted by Gasteiger charge is 2.12. The molecule has 0 fully saturated rings. The third-order valence-corrected chi connectivity index (χ3v) is 3.74. The van der Waals surface area contributed by atoms with E-state index in [2.05, 4.69) is 4.98 Å². The number of carbonyl (C=O) groups excluding carboxylic acids is 1. The molecule has 0 aliphatic heterocycles. The summed E-state index contributed by atoms with van der Waals surface area (Å²) >= 11 is 0. The summed E-state index contributed by atoms with van der Waals surface area (Å²) in [6, 6.07) is 14.4. The zero-order chi connectivity index (χ0) is 15.7. The molecule has 0 aliphatic carbocycles. The first-order valence-electron chi connectivity index (χ1n) is 7.29. The van der Waals surface area contributed by atoms with Gasteiger partial charge in [0.05, 0.1) is 5.69 Å². The van der Waals surface area contributed by atoms with Crippen LogP contribution in [0.15, 0.2) is 48.5 Å². The van der Waals surface area contributed by atoms with E-state index in [4.69, 9.17) is 0 Å². The smallest absolute Gasteiger partial charge is 0.178 e. The van der Waals surface area contributed by atoms with Crippen molar-refractivity contribution in [2.24, 2.45) is 0 Å². The number of halogens is 1. The third-order valence-electron chi connectivity index (χ3n) is 3.74. The molecule has 0 atom stereocenters. The summed E-state index contributed by atoms with van der Waals surface area (Å²) in [4.78, 5) is 16.2. The monoisotopic (exact) mass is 293 g/mol. The van der Waals surface area contributed by atoms with Gasteiger partial charge in [-0.2, -0.15) is 0 Å². The van der Waals surface area contributed by atoms with Crippen molar-refractivity contribution in [2.45, 2.75) is 20.3 Å². The van der Waals surface area contributed by atoms with Crippen LogP contribution in [0.4, 0.5) is 4.39 Å². The number of hydrogen-bond acceptors (Lipinski definition) is 2. The van der Waals surface area contributed by atoms with Gasteiger partial charge in [-0.1, -0.05) is 31.2 Å². The van der Waals surface area contributed by atoms with E-state index in [1.54, 1.807) is 6.07 Å². The van der Waals surface area contributed by atoms with E-state index < -0.39 is 0 Å². The predicted molar refractivity (Wildman–Crippen MR) is 86.5 cm³/mol. The Morgan fingerprint density at radius 1 is 1.14 bits per heavy atom. The minimum Gasteiger partial charge on any atom is -0.293 e. The third kappa shape index (κ3) is 2.62. The molecule has 0 saturated heterocycles. The summed E-state index contributed by atoms with van der Waals surface area (Å²) in [5, 5.41) is 1.85. The molecule has 2 nitrogen and oxygen atoms in total. The Balaban J connectivity index is 2.33. The Labute approximate surface area is 128 Å². The fraction of sp³-hybridized carbons (Fsp3) is 0.158. The summed E-state index contributed by atoms with van der Waals surface area (Å²) in [7, 11) is 0. The minimum atomic E-state index is -0.284. The Morgan fingerprint density at radius 2 is 1.91 bits per heavy atom. The molecule has 3 aromatic rings. The van der Waals surface area contributed by atoms with E-state index in [9.17, 15) is 9.18 Å². The maximum Gasteiger partial charge on any atom is 0.178 e. The van der Waals surface area contributed by atoms with Gasteiger partial charge < -0.3 is 0 Å². The first kappa shape index (κ1) is 14.4. The van der Waals surface area contributed by atoms with Gasteiger partial charge in [0.2, 0.25) is 0 Å². The van der Waals surface area contributed by atoms with Crippen molar-refractivity contribution in [3.05, 3.63) is 65.6 Å². The van der Waals surface area contributed by atoms with Gasteiger partial charge in [-0.3, -0.25) is 4.79 Å². The van der Waals surface area contributed by atoms with Gasteiger partial charge >= 0.3 is 0 Å². The molecule has 0 saturated carbocycles. The topological polar surface area (TPSA) is 30.0 Å². The number of ketones is 1. The van der Waals surface area contributed by atoms with Gasteiger partial charge in [0, 0.05) is 17.9 Å². The minimum absolute atomic E-state index is 0.0980. The Hall–Kier alpha value is -2.55. The summed E-state index contributed by atoms with van der Waals surface area (Å²) in [5.74, 6) is -0.382. The average molecular weight is 293 g/mol. The van der Waals surface area contributed by atoms with Crippen LogP contribution >= 0.6 is 0 Å². The van der Waals surface area contributed by atoms with Gasteiger partial charge in [0.1, 0.15) is 11.5 Å². The molecule has 3 rings (SSSR count). The molecular formula is C19H16FNO. The normalized spacial score (nSPS) is 10.9. The first-order chi connectivity index (χ1) is 10.6. The zero-order valence-electron chi connectivity index (χ0n) is 12.6. The Morgan fingerprint density at radius 3 is 2.64 bits per heavy atom. The van der Waals surface area contributed by atoms with E-state index in [0.29, 0.717) is 17.0 Å². The molecule has 0 bridgehead atoms. The van der Waals surface area contributed by atoms with Crippen LogP contribution in [0.2, 0.25) is 0 Å². The van der Waals surface area contributed by atoms with E-state index >= 15 is 0 Å². The molecular weight excluding hydrogens is 277 g/mol. The lowest BCUT2D eigenvalue weighted by atomic mass is 10.00. The van der Waals surface area contributed by atoms with E-state index in [1.165, 1.54) is 19.1 Å². The molecule has 0 amide bonds. The van der Waals surface area contributed by atoms with Crippen LogP contribution in [0.25, 0.3) is 22.0 Å². The maximum absolute atomic E-state index is 13.9.